The minimum atomic E-state index is -1.55. The molecule has 1 amide bonds. The first-order valence-corrected chi connectivity index (χ1v) is 34.7. The van der Waals surface area contributed by atoms with E-state index in [9.17, 15) is 30.3 Å². The number of unbranched alkanes of at least 4 members (excludes halogenated alkanes) is 52. The van der Waals surface area contributed by atoms with Crippen LogP contribution in [0.5, 0.6) is 0 Å². The third kappa shape index (κ3) is 47.4. The summed E-state index contributed by atoms with van der Waals surface area (Å²) in [6, 6.07) is -0.715. The molecule has 7 atom stereocenters. The predicted octanol–water partition coefficient (Wildman–Crippen LogP) is 18.5. The minimum absolute atomic E-state index is 0.130. The quantitative estimate of drug-likeness (QED) is 0.0330. The number of amides is 1. The van der Waals surface area contributed by atoms with Crippen LogP contribution in [0.15, 0.2) is 0 Å². The molecule has 1 rings (SSSR count). The minimum Gasteiger partial charge on any atom is -0.394 e. The molecule has 0 spiro atoms. The van der Waals surface area contributed by atoms with Crippen LogP contribution in [-0.4, -0.2) is 87.5 Å². The van der Waals surface area contributed by atoms with E-state index in [4.69, 9.17) is 9.47 Å². The molecule has 7 unspecified atom stereocenters. The molecule has 1 saturated heterocycles. The second-order valence-electron chi connectivity index (χ2n) is 24.7. The number of rotatable bonds is 62. The van der Waals surface area contributed by atoms with Gasteiger partial charge in [-0.3, -0.25) is 4.79 Å². The van der Waals surface area contributed by atoms with Crippen LogP contribution in [0.3, 0.4) is 0 Å². The highest BCUT2D eigenvalue weighted by Crippen LogP contribution is 2.24. The maximum Gasteiger partial charge on any atom is 0.220 e. The average molecular weight is 1090 g/mol. The summed E-state index contributed by atoms with van der Waals surface area (Å²) in [4.78, 5) is 13.1. The molecule has 0 aromatic heterocycles. The number of ether oxygens (including phenoxy) is 2. The number of aliphatic hydroxyl groups excluding tert-OH is 5. The number of aliphatic hydroxyl groups is 5. The van der Waals surface area contributed by atoms with Crippen LogP contribution >= 0.6 is 0 Å². The zero-order valence-electron chi connectivity index (χ0n) is 51.5. The van der Waals surface area contributed by atoms with Crippen LogP contribution in [0, 0.1) is 0 Å². The lowest BCUT2D eigenvalue weighted by molar-refractivity contribution is -0.302. The molecule has 1 fully saturated rings. The first-order valence-electron chi connectivity index (χ1n) is 34.7. The molecule has 0 aromatic carbocycles. The fourth-order valence-electron chi connectivity index (χ4n) is 11.8. The molecule has 0 radical (unpaired) electrons. The van der Waals surface area contributed by atoms with Crippen molar-refractivity contribution >= 4 is 5.91 Å². The van der Waals surface area contributed by atoms with Crippen LogP contribution in [0.2, 0.25) is 0 Å². The SMILES string of the molecule is CCCCCCCCCCCCCCCCCCCCCCCCCCCCCCCC(=O)NC(COC1OC(CO)C(O)C(O)C1O)C(O)CCCCCCCCCCCCCCCCCCCCCCCCCCC. The Morgan fingerprint density at radius 1 is 0.390 bits per heavy atom. The Kier molecular flexibility index (Phi) is 56.3. The van der Waals surface area contributed by atoms with E-state index in [1.165, 1.54) is 308 Å². The molecule has 0 aliphatic carbocycles. The van der Waals surface area contributed by atoms with Gasteiger partial charge in [-0.05, 0) is 12.8 Å². The van der Waals surface area contributed by atoms with Crippen molar-refractivity contribution in [2.45, 2.75) is 416 Å². The molecule has 9 nitrogen and oxygen atoms in total. The highest BCUT2D eigenvalue weighted by molar-refractivity contribution is 5.76. The summed E-state index contributed by atoms with van der Waals surface area (Å²) in [5.41, 5.74) is 0. The van der Waals surface area contributed by atoms with Crippen LogP contribution in [0.4, 0.5) is 0 Å². The Labute approximate surface area is 478 Å². The van der Waals surface area contributed by atoms with E-state index in [2.05, 4.69) is 19.2 Å². The molecular formula is C68H135NO8. The van der Waals surface area contributed by atoms with Gasteiger partial charge in [0.25, 0.3) is 0 Å². The van der Waals surface area contributed by atoms with E-state index >= 15 is 0 Å². The highest BCUT2D eigenvalue weighted by atomic mass is 16.7. The normalized spacial score (nSPS) is 18.6. The highest BCUT2D eigenvalue weighted by Gasteiger charge is 2.44. The van der Waals surface area contributed by atoms with E-state index in [0.29, 0.717) is 12.8 Å². The Morgan fingerprint density at radius 2 is 0.649 bits per heavy atom. The number of carbonyl (C=O) groups is 1. The van der Waals surface area contributed by atoms with E-state index in [-0.39, 0.29) is 12.5 Å². The largest absolute Gasteiger partial charge is 0.394 e. The molecule has 0 aromatic rings. The number of hydrogen-bond acceptors (Lipinski definition) is 8. The Morgan fingerprint density at radius 3 is 0.922 bits per heavy atom. The van der Waals surface area contributed by atoms with Gasteiger partial charge in [0.05, 0.1) is 25.4 Å². The fourth-order valence-corrected chi connectivity index (χ4v) is 11.8. The second-order valence-corrected chi connectivity index (χ2v) is 24.7. The fraction of sp³-hybridized carbons (Fsp3) is 0.985. The first kappa shape index (κ1) is 74.2. The van der Waals surface area contributed by atoms with Crippen LogP contribution in [-0.2, 0) is 14.3 Å². The maximum absolute atomic E-state index is 13.1. The number of hydrogen-bond donors (Lipinski definition) is 6. The first-order chi connectivity index (χ1) is 37.8. The van der Waals surface area contributed by atoms with E-state index in [0.717, 1.165) is 38.5 Å². The standard InChI is InChI=1S/C68H135NO8/c1-3-5-7-9-11-13-15-17-19-21-23-25-27-29-30-31-32-34-36-38-40-42-44-46-48-50-52-54-56-58-64(72)69-61(60-76-68-67(75)66(74)65(73)63(59-70)77-68)62(71)57-55-53-51-49-47-45-43-41-39-37-35-33-28-26-24-22-20-18-16-14-12-10-8-6-4-2/h61-63,65-68,70-71,73-75H,3-60H2,1-2H3,(H,69,72). The van der Waals surface area contributed by atoms with E-state index in [1.54, 1.807) is 0 Å². The molecule has 1 aliphatic heterocycles. The van der Waals surface area contributed by atoms with Gasteiger partial charge in [-0.1, -0.05) is 354 Å². The molecule has 1 heterocycles. The summed E-state index contributed by atoms with van der Waals surface area (Å²) in [6.07, 6.45) is 66.0. The van der Waals surface area contributed by atoms with Gasteiger partial charge in [0.2, 0.25) is 5.91 Å². The van der Waals surface area contributed by atoms with Crippen LogP contribution in [0.25, 0.3) is 0 Å². The Balaban J connectivity index is 2.10. The van der Waals surface area contributed by atoms with E-state index in [1.807, 2.05) is 0 Å². The Hall–Kier alpha value is -0.810. The van der Waals surface area contributed by atoms with Crippen molar-refractivity contribution in [3.8, 4) is 0 Å². The molecule has 0 saturated carbocycles. The zero-order valence-corrected chi connectivity index (χ0v) is 51.5. The van der Waals surface area contributed by atoms with Crippen LogP contribution < -0.4 is 5.32 Å². The van der Waals surface area contributed by atoms with Crippen molar-refractivity contribution in [1.29, 1.82) is 0 Å². The third-order valence-electron chi connectivity index (χ3n) is 17.2. The van der Waals surface area contributed by atoms with Crippen molar-refractivity contribution in [1.82, 2.24) is 5.32 Å². The molecule has 77 heavy (non-hydrogen) atoms. The van der Waals surface area contributed by atoms with Crippen molar-refractivity contribution in [3.63, 3.8) is 0 Å². The molecule has 1 aliphatic rings. The number of carbonyl (C=O) groups excluding carboxylic acids is 1. The summed E-state index contributed by atoms with van der Waals surface area (Å²) in [6.45, 7) is 3.91. The topological polar surface area (TPSA) is 149 Å². The molecular weight excluding hydrogens is 959 g/mol. The van der Waals surface area contributed by atoms with Gasteiger partial charge in [0.1, 0.15) is 24.4 Å². The average Bonchev–Trinajstić information content (AvgIpc) is 3.43. The molecule has 9 heteroatoms. The van der Waals surface area contributed by atoms with Gasteiger partial charge in [-0.2, -0.15) is 0 Å². The summed E-state index contributed by atoms with van der Waals surface area (Å²) in [7, 11) is 0. The zero-order chi connectivity index (χ0) is 55.8. The van der Waals surface area contributed by atoms with Crippen molar-refractivity contribution < 1.29 is 39.8 Å². The molecule has 460 valence electrons. The second kappa shape index (κ2) is 58.4. The lowest BCUT2D eigenvalue weighted by Gasteiger charge is -2.40. The molecule has 6 N–H and O–H groups in total. The Bertz CT molecular complexity index is 1180. The smallest absolute Gasteiger partial charge is 0.220 e. The van der Waals surface area contributed by atoms with Gasteiger partial charge >= 0.3 is 0 Å². The van der Waals surface area contributed by atoms with Gasteiger partial charge in [-0.25, -0.2) is 0 Å². The summed E-state index contributed by atoms with van der Waals surface area (Å²) >= 11 is 0. The van der Waals surface area contributed by atoms with Gasteiger partial charge in [-0.15, -0.1) is 0 Å². The predicted molar refractivity (Wildman–Crippen MR) is 328 cm³/mol. The molecule has 0 bridgehead atoms. The van der Waals surface area contributed by atoms with Gasteiger partial charge in [0.15, 0.2) is 6.29 Å². The lowest BCUT2D eigenvalue weighted by atomic mass is 9.99. The van der Waals surface area contributed by atoms with Crippen molar-refractivity contribution in [2.24, 2.45) is 0 Å². The van der Waals surface area contributed by atoms with Gasteiger partial charge < -0.3 is 40.3 Å². The summed E-state index contributed by atoms with van der Waals surface area (Å²) < 4.78 is 11.4. The lowest BCUT2D eigenvalue weighted by Crippen LogP contribution is -2.60. The summed E-state index contributed by atoms with van der Waals surface area (Å²) in [5, 5.41) is 54.9. The van der Waals surface area contributed by atoms with Crippen molar-refractivity contribution in [2.75, 3.05) is 13.2 Å². The van der Waals surface area contributed by atoms with E-state index < -0.39 is 49.5 Å². The van der Waals surface area contributed by atoms with Crippen molar-refractivity contribution in [3.05, 3.63) is 0 Å². The summed E-state index contributed by atoms with van der Waals surface area (Å²) in [5.74, 6) is -0.133. The number of nitrogens with one attached hydrogen (secondary N) is 1. The third-order valence-corrected chi connectivity index (χ3v) is 17.2. The van der Waals surface area contributed by atoms with Crippen LogP contribution in [0.1, 0.15) is 373 Å². The van der Waals surface area contributed by atoms with Gasteiger partial charge in [0, 0.05) is 6.42 Å². The maximum atomic E-state index is 13.1. The monoisotopic (exact) mass is 1090 g/mol.